The average molecular weight is 205 g/mol. The number of H-pyrrole nitrogens is 1. The minimum absolute atomic E-state index is 0.119. The van der Waals surface area contributed by atoms with E-state index >= 15 is 0 Å². The number of aromatic nitrogens is 3. The molecule has 0 unspecified atom stereocenters. The number of nitrogens with two attached hydrogens (primary N) is 1. The summed E-state index contributed by atoms with van der Waals surface area (Å²) in [5.74, 6) is -1.42. The summed E-state index contributed by atoms with van der Waals surface area (Å²) in [6.07, 6.45) is -4.71. The summed E-state index contributed by atoms with van der Waals surface area (Å²) in [4.78, 5) is 3.13. The number of aromatic amines is 1. The van der Waals surface area contributed by atoms with Crippen LogP contribution in [0, 0.1) is 11.3 Å². The molecule has 0 saturated carbocycles. The smallest absolute Gasteiger partial charge is 0.320 e. The van der Waals surface area contributed by atoms with E-state index in [4.69, 9.17) is 11.0 Å². The first-order valence-electron chi connectivity index (χ1n) is 3.57. The summed E-state index contributed by atoms with van der Waals surface area (Å²) in [5.41, 5.74) is 5.34. The minimum atomic E-state index is -4.60. The van der Waals surface area contributed by atoms with Gasteiger partial charge in [0.1, 0.15) is 5.82 Å². The predicted molar refractivity (Wildman–Crippen MR) is 38.5 cm³/mol. The molecule has 1 aromatic heterocycles. The lowest BCUT2D eigenvalue weighted by Gasteiger charge is -2.01. The molecule has 1 atom stereocenters. The highest BCUT2D eigenvalue weighted by Crippen LogP contribution is 2.26. The van der Waals surface area contributed by atoms with Gasteiger partial charge in [-0.15, -0.1) is 5.10 Å². The van der Waals surface area contributed by atoms with Gasteiger partial charge in [-0.2, -0.15) is 18.4 Å². The number of alkyl halides is 3. The number of hydrogen-bond acceptors (Lipinski definition) is 4. The molecule has 0 spiro atoms. The highest BCUT2D eigenvalue weighted by molar-refractivity contribution is 5.00. The van der Waals surface area contributed by atoms with Gasteiger partial charge in [0.15, 0.2) is 0 Å². The number of nitriles is 1. The van der Waals surface area contributed by atoms with Crippen LogP contribution in [0.5, 0.6) is 0 Å². The van der Waals surface area contributed by atoms with Gasteiger partial charge >= 0.3 is 6.18 Å². The summed E-state index contributed by atoms with van der Waals surface area (Å²) in [5, 5.41) is 13.2. The van der Waals surface area contributed by atoms with Gasteiger partial charge in [-0.3, -0.25) is 5.10 Å². The van der Waals surface area contributed by atoms with Gasteiger partial charge in [0, 0.05) is 0 Å². The van der Waals surface area contributed by atoms with Crippen LogP contribution in [-0.4, -0.2) is 15.2 Å². The van der Waals surface area contributed by atoms with Crippen molar-refractivity contribution in [1.29, 1.82) is 5.26 Å². The molecule has 0 bridgehead atoms. The lowest BCUT2D eigenvalue weighted by atomic mass is 10.2. The molecule has 1 heterocycles. The molecule has 0 aliphatic rings. The number of halogens is 3. The zero-order chi connectivity index (χ0) is 10.8. The summed E-state index contributed by atoms with van der Waals surface area (Å²) < 4.78 is 36.0. The van der Waals surface area contributed by atoms with E-state index in [1.165, 1.54) is 0 Å². The van der Waals surface area contributed by atoms with Gasteiger partial charge in [0.05, 0.1) is 18.5 Å². The van der Waals surface area contributed by atoms with Crippen molar-refractivity contribution in [2.75, 3.05) is 0 Å². The maximum atomic E-state index is 12.0. The first-order valence-corrected chi connectivity index (χ1v) is 3.57. The van der Waals surface area contributed by atoms with Crippen LogP contribution in [0.1, 0.15) is 24.1 Å². The van der Waals surface area contributed by atoms with Crippen LogP contribution in [0.15, 0.2) is 0 Å². The molecule has 76 valence electrons. The van der Waals surface area contributed by atoms with E-state index in [2.05, 4.69) is 10.1 Å². The Morgan fingerprint density at radius 1 is 1.57 bits per heavy atom. The molecular weight excluding hydrogens is 199 g/mol. The van der Waals surface area contributed by atoms with Crippen molar-refractivity contribution in [3.63, 3.8) is 0 Å². The molecule has 0 radical (unpaired) electrons. The Balaban J connectivity index is 2.84. The van der Waals surface area contributed by atoms with Crippen molar-refractivity contribution < 1.29 is 13.2 Å². The Hall–Kier alpha value is -1.62. The zero-order valence-corrected chi connectivity index (χ0v) is 6.84. The first kappa shape index (κ1) is 10.5. The van der Waals surface area contributed by atoms with Gasteiger partial charge in [0.2, 0.25) is 0 Å². The Bertz CT molecular complexity index is 349. The molecule has 0 aromatic carbocycles. The molecule has 1 rings (SSSR count). The topological polar surface area (TPSA) is 91.4 Å². The van der Waals surface area contributed by atoms with Crippen molar-refractivity contribution >= 4 is 0 Å². The standard InChI is InChI=1S/C6H6F3N5/c7-6(8,9)5-12-4(13-14-5)3(11)1-2-10/h3H,1,11H2,(H,12,13,14)/t3-/m1/s1. The van der Waals surface area contributed by atoms with Crippen LogP contribution < -0.4 is 5.73 Å². The van der Waals surface area contributed by atoms with Crippen LogP contribution in [0.4, 0.5) is 13.2 Å². The fourth-order valence-electron chi connectivity index (χ4n) is 0.762. The molecule has 14 heavy (non-hydrogen) atoms. The lowest BCUT2D eigenvalue weighted by molar-refractivity contribution is -0.144. The summed E-state index contributed by atoms with van der Waals surface area (Å²) >= 11 is 0. The second-order valence-corrected chi connectivity index (χ2v) is 2.51. The summed E-state index contributed by atoms with van der Waals surface area (Å²) in [6.45, 7) is 0. The third-order valence-electron chi connectivity index (χ3n) is 1.42. The van der Waals surface area contributed by atoms with Gasteiger partial charge in [0.25, 0.3) is 5.82 Å². The lowest BCUT2D eigenvalue weighted by Crippen LogP contribution is -2.12. The molecule has 0 fully saturated rings. The Kier molecular flexibility index (Phi) is 2.71. The van der Waals surface area contributed by atoms with E-state index in [9.17, 15) is 13.2 Å². The van der Waals surface area contributed by atoms with Crippen LogP contribution >= 0.6 is 0 Å². The third-order valence-corrected chi connectivity index (χ3v) is 1.42. The van der Waals surface area contributed by atoms with Crippen molar-refractivity contribution in [3.8, 4) is 6.07 Å². The van der Waals surface area contributed by atoms with Crippen LogP contribution in [0.3, 0.4) is 0 Å². The molecule has 3 N–H and O–H groups in total. The highest BCUT2D eigenvalue weighted by atomic mass is 19.4. The number of hydrogen-bond donors (Lipinski definition) is 2. The SMILES string of the molecule is N#CC[C@@H](N)c1nc(C(F)(F)F)n[nH]1. The van der Waals surface area contributed by atoms with Gasteiger partial charge in [-0.05, 0) is 0 Å². The number of nitrogens with zero attached hydrogens (tertiary/aromatic N) is 3. The highest BCUT2D eigenvalue weighted by Gasteiger charge is 2.36. The fourth-order valence-corrected chi connectivity index (χ4v) is 0.762. The Labute approximate surface area is 76.7 Å². The second-order valence-electron chi connectivity index (χ2n) is 2.51. The molecule has 0 amide bonds. The molecular formula is C6H6F3N5. The maximum absolute atomic E-state index is 12.0. The monoisotopic (exact) mass is 205 g/mol. The van der Waals surface area contributed by atoms with Crippen LogP contribution in [0.25, 0.3) is 0 Å². The van der Waals surface area contributed by atoms with E-state index in [1.54, 1.807) is 6.07 Å². The summed E-state index contributed by atoms with van der Waals surface area (Å²) in [6, 6.07) is 0.848. The van der Waals surface area contributed by atoms with Gasteiger partial charge in [-0.1, -0.05) is 0 Å². The fraction of sp³-hybridized carbons (Fsp3) is 0.500. The van der Waals surface area contributed by atoms with E-state index in [1.807, 2.05) is 5.10 Å². The minimum Gasteiger partial charge on any atom is -0.320 e. The zero-order valence-electron chi connectivity index (χ0n) is 6.84. The second kappa shape index (κ2) is 3.63. The van der Waals surface area contributed by atoms with Crippen LogP contribution in [-0.2, 0) is 6.18 Å². The third kappa shape index (κ3) is 2.20. The maximum Gasteiger partial charge on any atom is 0.453 e. The van der Waals surface area contributed by atoms with E-state index < -0.39 is 18.0 Å². The molecule has 0 aliphatic carbocycles. The van der Waals surface area contributed by atoms with E-state index in [0.29, 0.717) is 0 Å². The number of nitrogens with one attached hydrogen (secondary N) is 1. The molecule has 0 aliphatic heterocycles. The predicted octanol–water partition coefficient (Wildman–Crippen LogP) is 0.737. The quantitative estimate of drug-likeness (QED) is 0.744. The average Bonchev–Trinajstić information content (AvgIpc) is 2.51. The molecule has 8 heteroatoms. The van der Waals surface area contributed by atoms with Crippen molar-refractivity contribution in [1.82, 2.24) is 15.2 Å². The first-order chi connectivity index (χ1) is 6.45. The number of rotatable bonds is 2. The summed E-state index contributed by atoms with van der Waals surface area (Å²) in [7, 11) is 0. The Morgan fingerprint density at radius 2 is 2.21 bits per heavy atom. The van der Waals surface area contributed by atoms with Crippen molar-refractivity contribution in [3.05, 3.63) is 11.6 Å². The molecule has 0 saturated heterocycles. The normalized spacial score (nSPS) is 13.6. The Morgan fingerprint density at radius 3 is 2.64 bits per heavy atom. The van der Waals surface area contributed by atoms with Gasteiger partial charge in [-0.25, -0.2) is 4.98 Å². The molecule has 5 nitrogen and oxygen atoms in total. The molecule has 1 aromatic rings. The van der Waals surface area contributed by atoms with E-state index in [0.717, 1.165) is 0 Å². The van der Waals surface area contributed by atoms with Crippen LogP contribution in [0.2, 0.25) is 0 Å². The van der Waals surface area contributed by atoms with Crippen molar-refractivity contribution in [2.24, 2.45) is 5.73 Å². The van der Waals surface area contributed by atoms with Gasteiger partial charge < -0.3 is 5.73 Å². The largest absolute Gasteiger partial charge is 0.453 e. The van der Waals surface area contributed by atoms with E-state index in [-0.39, 0.29) is 12.2 Å². The van der Waals surface area contributed by atoms with Crippen molar-refractivity contribution in [2.45, 2.75) is 18.6 Å².